The molecule has 1 atom stereocenters. The molecule has 0 aromatic heterocycles. The SMILES string of the molecule is Cc1cc(N2CCCC(N3CCNC3=O)C2)c(Cl)cc1[N+](=O)[O-]. The Balaban J connectivity index is 1.82. The lowest BCUT2D eigenvalue weighted by atomic mass is 10.0. The highest BCUT2D eigenvalue weighted by atomic mass is 35.5. The lowest BCUT2D eigenvalue weighted by Crippen LogP contribution is -2.49. The Labute approximate surface area is 139 Å². The summed E-state index contributed by atoms with van der Waals surface area (Å²) in [6.45, 7) is 4.66. The molecule has 124 valence electrons. The highest BCUT2D eigenvalue weighted by molar-refractivity contribution is 6.33. The van der Waals surface area contributed by atoms with Crippen molar-refractivity contribution in [2.45, 2.75) is 25.8 Å². The van der Waals surface area contributed by atoms with Gasteiger partial charge < -0.3 is 15.1 Å². The summed E-state index contributed by atoms with van der Waals surface area (Å²) in [5.74, 6) is 0. The molecule has 0 saturated carbocycles. The van der Waals surface area contributed by atoms with Gasteiger partial charge in [-0.05, 0) is 25.8 Å². The molecule has 2 amide bonds. The zero-order chi connectivity index (χ0) is 16.6. The molecule has 1 unspecified atom stereocenters. The van der Waals surface area contributed by atoms with Gasteiger partial charge in [-0.25, -0.2) is 4.79 Å². The number of hydrogen-bond donors (Lipinski definition) is 1. The molecule has 2 saturated heterocycles. The van der Waals surface area contributed by atoms with Gasteiger partial charge >= 0.3 is 6.03 Å². The smallest absolute Gasteiger partial charge is 0.317 e. The maximum Gasteiger partial charge on any atom is 0.317 e. The fraction of sp³-hybridized carbons (Fsp3) is 0.533. The van der Waals surface area contributed by atoms with Gasteiger partial charge in [-0.1, -0.05) is 11.6 Å². The molecule has 0 radical (unpaired) electrons. The summed E-state index contributed by atoms with van der Waals surface area (Å²) in [4.78, 5) is 26.4. The van der Waals surface area contributed by atoms with E-state index < -0.39 is 4.92 Å². The van der Waals surface area contributed by atoms with Gasteiger partial charge in [0.15, 0.2) is 0 Å². The maximum atomic E-state index is 11.9. The minimum absolute atomic E-state index is 0.0113. The van der Waals surface area contributed by atoms with Crippen LogP contribution in [0.2, 0.25) is 5.02 Å². The van der Waals surface area contributed by atoms with Crippen LogP contribution in [0.5, 0.6) is 0 Å². The first-order valence-electron chi connectivity index (χ1n) is 7.71. The molecule has 0 aliphatic carbocycles. The second-order valence-corrected chi connectivity index (χ2v) is 6.42. The molecule has 0 spiro atoms. The van der Waals surface area contributed by atoms with Crippen molar-refractivity contribution in [2.24, 2.45) is 0 Å². The number of hydrogen-bond acceptors (Lipinski definition) is 4. The highest BCUT2D eigenvalue weighted by Crippen LogP contribution is 2.34. The molecule has 1 N–H and O–H groups in total. The highest BCUT2D eigenvalue weighted by Gasteiger charge is 2.32. The lowest BCUT2D eigenvalue weighted by molar-refractivity contribution is -0.385. The first kappa shape index (κ1) is 15.9. The van der Waals surface area contributed by atoms with Gasteiger partial charge in [0, 0.05) is 37.8 Å². The van der Waals surface area contributed by atoms with Gasteiger partial charge in [0.2, 0.25) is 0 Å². The number of urea groups is 1. The van der Waals surface area contributed by atoms with E-state index in [1.165, 1.54) is 6.07 Å². The third-order valence-electron chi connectivity index (χ3n) is 4.53. The molecule has 7 nitrogen and oxygen atoms in total. The minimum Gasteiger partial charge on any atom is -0.368 e. The van der Waals surface area contributed by atoms with Crippen LogP contribution in [0, 0.1) is 17.0 Å². The van der Waals surface area contributed by atoms with E-state index in [4.69, 9.17) is 11.6 Å². The molecule has 0 bridgehead atoms. The van der Waals surface area contributed by atoms with Crippen molar-refractivity contribution >= 4 is 29.0 Å². The molecule has 2 aliphatic heterocycles. The number of amides is 2. The van der Waals surface area contributed by atoms with Crippen LogP contribution < -0.4 is 10.2 Å². The first-order chi connectivity index (χ1) is 11.0. The average Bonchev–Trinajstić information content (AvgIpc) is 2.95. The first-order valence-corrected chi connectivity index (χ1v) is 8.09. The van der Waals surface area contributed by atoms with Crippen molar-refractivity contribution in [1.82, 2.24) is 10.2 Å². The topological polar surface area (TPSA) is 78.7 Å². The number of nitro groups is 1. The monoisotopic (exact) mass is 338 g/mol. The summed E-state index contributed by atoms with van der Waals surface area (Å²) < 4.78 is 0. The number of carbonyl (C=O) groups excluding carboxylic acids is 1. The molecule has 1 aromatic carbocycles. The summed E-state index contributed by atoms with van der Waals surface area (Å²) in [6.07, 6.45) is 1.92. The summed E-state index contributed by atoms with van der Waals surface area (Å²) in [5.41, 5.74) is 1.43. The molecule has 2 heterocycles. The Morgan fingerprint density at radius 3 is 2.83 bits per heavy atom. The van der Waals surface area contributed by atoms with E-state index in [1.807, 2.05) is 4.90 Å². The lowest BCUT2D eigenvalue weighted by Gasteiger charge is -2.38. The number of carbonyl (C=O) groups is 1. The Morgan fingerprint density at radius 1 is 1.39 bits per heavy atom. The largest absolute Gasteiger partial charge is 0.368 e. The summed E-state index contributed by atoms with van der Waals surface area (Å²) >= 11 is 6.28. The molecule has 2 aliphatic rings. The van der Waals surface area contributed by atoms with Crippen LogP contribution in [0.3, 0.4) is 0 Å². The van der Waals surface area contributed by atoms with E-state index in [1.54, 1.807) is 13.0 Å². The number of nitrogens with zero attached hydrogens (tertiary/aromatic N) is 3. The fourth-order valence-electron chi connectivity index (χ4n) is 3.36. The molecule has 3 rings (SSSR count). The second kappa shape index (κ2) is 6.23. The molecule has 23 heavy (non-hydrogen) atoms. The zero-order valence-corrected chi connectivity index (χ0v) is 13.7. The van der Waals surface area contributed by atoms with E-state index in [0.29, 0.717) is 23.7 Å². The Bertz CT molecular complexity index is 652. The number of piperidine rings is 1. The number of anilines is 1. The number of nitro benzene ring substituents is 1. The third-order valence-corrected chi connectivity index (χ3v) is 4.83. The van der Waals surface area contributed by atoms with E-state index in [-0.39, 0.29) is 17.8 Å². The van der Waals surface area contributed by atoms with E-state index >= 15 is 0 Å². The Hall–Kier alpha value is -2.02. The molecule has 2 fully saturated rings. The molecular formula is C15H19ClN4O3. The predicted octanol–water partition coefficient (Wildman–Crippen LogP) is 2.55. The van der Waals surface area contributed by atoms with Gasteiger partial charge in [-0.15, -0.1) is 0 Å². The number of rotatable bonds is 3. The van der Waals surface area contributed by atoms with Crippen molar-refractivity contribution in [3.63, 3.8) is 0 Å². The zero-order valence-electron chi connectivity index (χ0n) is 12.9. The van der Waals surface area contributed by atoms with Crippen LogP contribution in [0.15, 0.2) is 12.1 Å². The van der Waals surface area contributed by atoms with Crippen molar-refractivity contribution < 1.29 is 9.72 Å². The average molecular weight is 339 g/mol. The number of nitrogens with one attached hydrogen (secondary N) is 1. The second-order valence-electron chi connectivity index (χ2n) is 6.01. The molecule has 1 aromatic rings. The van der Waals surface area contributed by atoms with Gasteiger partial charge in [-0.3, -0.25) is 10.1 Å². The van der Waals surface area contributed by atoms with E-state index in [2.05, 4.69) is 10.2 Å². The summed E-state index contributed by atoms with van der Waals surface area (Å²) in [7, 11) is 0. The van der Waals surface area contributed by atoms with Crippen LogP contribution in [0.1, 0.15) is 18.4 Å². The van der Waals surface area contributed by atoms with Crippen LogP contribution in [0.4, 0.5) is 16.2 Å². The number of aryl methyl sites for hydroxylation is 1. The fourth-order valence-corrected chi connectivity index (χ4v) is 3.63. The van der Waals surface area contributed by atoms with Crippen LogP contribution >= 0.6 is 11.6 Å². The Morgan fingerprint density at radius 2 is 2.17 bits per heavy atom. The standard InChI is InChI=1S/C15H19ClN4O3/c1-10-7-14(12(16)8-13(10)20(22)23)18-5-2-3-11(9-18)19-6-4-17-15(19)21/h7-8,11H,2-6,9H2,1H3,(H,17,21). The number of benzene rings is 1. The molecule has 8 heteroatoms. The van der Waals surface area contributed by atoms with Gasteiger partial charge in [-0.2, -0.15) is 0 Å². The van der Waals surface area contributed by atoms with Crippen molar-refractivity contribution in [2.75, 3.05) is 31.1 Å². The maximum absolute atomic E-state index is 11.9. The number of halogens is 1. The van der Waals surface area contributed by atoms with Gasteiger partial charge in [0.05, 0.1) is 21.7 Å². The van der Waals surface area contributed by atoms with E-state index in [0.717, 1.165) is 31.6 Å². The minimum atomic E-state index is -0.418. The predicted molar refractivity (Wildman–Crippen MR) is 88.2 cm³/mol. The molecular weight excluding hydrogens is 320 g/mol. The Kier molecular flexibility index (Phi) is 4.30. The van der Waals surface area contributed by atoms with Crippen LogP contribution in [-0.4, -0.2) is 48.1 Å². The summed E-state index contributed by atoms with van der Waals surface area (Å²) in [5, 5.41) is 14.2. The van der Waals surface area contributed by atoms with Gasteiger partial charge in [0.1, 0.15) is 0 Å². The normalized spacial score (nSPS) is 21.5. The van der Waals surface area contributed by atoms with Crippen molar-refractivity contribution in [3.8, 4) is 0 Å². The van der Waals surface area contributed by atoms with Crippen LogP contribution in [0.25, 0.3) is 0 Å². The quantitative estimate of drug-likeness (QED) is 0.678. The third kappa shape index (κ3) is 3.06. The van der Waals surface area contributed by atoms with Crippen LogP contribution in [-0.2, 0) is 0 Å². The van der Waals surface area contributed by atoms with Gasteiger partial charge in [0.25, 0.3) is 5.69 Å². The summed E-state index contributed by atoms with van der Waals surface area (Å²) in [6, 6.07) is 3.33. The van der Waals surface area contributed by atoms with E-state index in [9.17, 15) is 14.9 Å². The van der Waals surface area contributed by atoms with Crippen molar-refractivity contribution in [3.05, 3.63) is 32.8 Å². The van der Waals surface area contributed by atoms with Crippen molar-refractivity contribution in [1.29, 1.82) is 0 Å².